The summed E-state index contributed by atoms with van der Waals surface area (Å²) in [4.78, 5) is 0. The van der Waals surface area contributed by atoms with Gasteiger partial charge >= 0.3 is 0 Å². The van der Waals surface area contributed by atoms with E-state index in [-0.39, 0.29) is 5.82 Å². The molecule has 100 valence electrons. The molecule has 3 heteroatoms. The molecule has 0 fully saturated rings. The van der Waals surface area contributed by atoms with Gasteiger partial charge in [-0.25, -0.2) is 4.39 Å². The first kappa shape index (κ1) is 13.3. The van der Waals surface area contributed by atoms with Crippen molar-refractivity contribution < 1.29 is 9.50 Å². The molecule has 1 N–H and O–H groups in total. The van der Waals surface area contributed by atoms with Crippen LogP contribution in [0.3, 0.4) is 0 Å². The summed E-state index contributed by atoms with van der Waals surface area (Å²) < 4.78 is 13.7. The van der Waals surface area contributed by atoms with E-state index < -0.39 is 6.10 Å². The van der Waals surface area contributed by atoms with Crippen LogP contribution in [0, 0.1) is 5.82 Å². The average Bonchev–Trinajstić information content (AvgIpc) is 2.46. The van der Waals surface area contributed by atoms with Gasteiger partial charge in [-0.3, -0.25) is 0 Å². The molecular weight excluding hydrogens is 319 g/mol. The quantitative estimate of drug-likeness (QED) is 0.714. The Balaban J connectivity index is 2.05. The molecule has 0 bridgehead atoms. The Kier molecular flexibility index (Phi) is 3.55. The third kappa shape index (κ3) is 2.47. The highest BCUT2D eigenvalue weighted by Crippen LogP contribution is 2.30. The predicted molar refractivity (Wildman–Crippen MR) is 82.1 cm³/mol. The molecule has 0 aliphatic carbocycles. The van der Waals surface area contributed by atoms with E-state index in [1.54, 1.807) is 6.07 Å². The highest BCUT2D eigenvalue weighted by Gasteiger charge is 2.14. The molecule has 1 unspecified atom stereocenters. The molecule has 0 aliphatic heterocycles. The van der Waals surface area contributed by atoms with Crippen molar-refractivity contribution in [2.75, 3.05) is 0 Å². The smallest absolute Gasteiger partial charge is 0.124 e. The van der Waals surface area contributed by atoms with Crippen LogP contribution in [0.4, 0.5) is 4.39 Å². The molecule has 3 aromatic carbocycles. The number of aliphatic hydroxyl groups is 1. The highest BCUT2D eigenvalue weighted by atomic mass is 79.9. The molecule has 1 nitrogen and oxygen atoms in total. The van der Waals surface area contributed by atoms with E-state index in [1.165, 1.54) is 12.1 Å². The van der Waals surface area contributed by atoms with Crippen LogP contribution in [0.25, 0.3) is 10.8 Å². The van der Waals surface area contributed by atoms with Gasteiger partial charge in [0, 0.05) is 4.47 Å². The third-order valence-corrected chi connectivity index (χ3v) is 4.03. The maximum Gasteiger partial charge on any atom is 0.124 e. The van der Waals surface area contributed by atoms with Crippen molar-refractivity contribution >= 4 is 26.7 Å². The monoisotopic (exact) mass is 330 g/mol. The van der Waals surface area contributed by atoms with Crippen LogP contribution >= 0.6 is 15.9 Å². The summed E-state index contributed by atoms with van der Waals surface area (Å²) in [6.07, 6.45) is -0.783. The minimum absolute atomic E-state index is 0.327. The van der Waals surface area contributed by atoms with Gasteiger partial charge in [-0.05, 0) is 40.1 Å². The average molecular weight is 331 g/mol. The maximum absolute atomic E-state index is 13.1. The van der Waals surface area contributed by atoms with Gasteiger partial charge in [-0.15, -0.1) is 0 Å². The van der Waals surface area contributed by atoms with E-state index in [2.05, 4.69) is 15.9 Å². The first-order valence-corrected chi connectivity index (χ1v) is 7.06. The number of benzene rings is 3. The fraction of sp³-hybridized carbons (Fsp3) is 0.0588. The van der Waals surface area contributed by atoms with Crippen LogP contribution < -0.4 is 0 Å². The Labute approximate surface area is 124 Å². The predicted octanol–water partition coefficient (Wildman–Crippen LogP) is 4.82. The van der Waals surface area contributed by atoms with Crippen LogP contribution in [0.15, 0.2) is 65.1 Å². The molecule has 0 aromatic heterocycles. The summed E-state index contributed by atoms with van der Waals surface area (Å²) in [6.45, 7) is 0. The summed E-state index contributed by atoms with van der Waals surface area (Å²) in [5.41, 5.74) is 1.44. The second kappa shape index (κ2) is 5.35. The lowest BCUT2D eigenvalue weighted by molar-refractivity contribution is 0.219. The minimum Gasteiger partial charge on any atom is -0.384 e. The van der Waals surface area contributed by atoms with Crippen molar-refractivity contribution in [2.45, 2.75) is 6.10 Å². The van der Waals surface area contributed by atoms with Gasteiger partial charge in [0.25, 0.3) is 0 Å². The van der Waals surface area contributed by atoms with Crippen LogP contribution in [0.5, 0.6) is 0 Å². The van der Waals surface area contributed by atoms with Crippen molar-refractivity contribution in [1.82, 2.24) is 0 Å². The van der Waals surface area contributed by atoms with Gasteiger partial charge < -0.3 is 5.11 Å². The van der Waals surface area contributed by atoms with Gasteiger partial charge in [0.05, 0.1) is 0 Å². The fourth-order valence-corrected chi connectivity index (χ4v) is 2.85. The topological polar surface area (TPSA) is 20.2 Å². The first-order valence-electron chi connectivity index (χ1n) is 6.27. The molecule has 0 amide bonds. The lowest BCUT2D eigenvalue weighted by Crippen LogP contribution is -2.01. The lowest BCUT2D eigenvalue weighted by Gasteiger charge is -2.14. The molecule has 20 heavy (non-hydrogen) atoms. The zero-order chi connectivity index (χ0) is 14.1. The number of hydrogen-bond donors (Lipinski definition) is 1. The van der Waals surface area contributed by atoms with Gasteiger partial charge in [0.1, 0.15) is 11.9 Å². The molecular formula is C17H12BrFO. The van der Waals surface area contributed by atoms with Crippen LogP contribution in [-0.2, 0) is 0 Å². The Morgan fingerprint density at radius 3 is 2.40 bits per heavy atom. The molecule has 3 aromatic rings. The van der Waals surface area contributed by atoms with E-state index in [4.69, 9.17) is 0 Å². The van der Waals surface area contributed by atoms with E-state index in [1.807, 2.05) is 42.5 Å². The number of halogens is 2. The zero-order valence-corrected chi connectivity index (χ0v) is 12.1. The molecule has 0 spiro atoms. The normalized spacial score (nSPS) is 12.6. The van der Waals surface area contributed by atoms with Gasteiger partial charge in [0.15, 0.2) is 0 Å². The molecule has 0 aliphatic rings. The summed E-state index contributed by atoms with van der Waals surface area (Å²) in [6, 6.07) is 18.1. The molecule has 0 radical (unpaired) electrons. The van der Waals surface area contributed by atoms with Crippen molar-refractivity contribution in [1.29, 1.82) is 0 Å². The maximum atomic E-state index is 13.1. The first-order chi connectivity index (χ1) is 9.65. The van der Waals surface area contributed by atoms with Crippen LogP contribution in [0.2, 0.25) is 0 Å². The standard InChI is InChI=1S/C17H12BrFO/c18-16-10-14(19)7-8-15(16)17(20)13-6-5-11-3-1-2-4-12(11)9-13/h1-10,17,20H. The summed E-state index contributed by atoms with van der Waals surface area (Å²) in [5.74, 6) is -0.327. The Morgan fingerprint density at radius 1 is 0.900 bits per heavy atom. The van der Waals surface area contributed by atoms with E-state index in [9.17, 15) is 9.50 Å². The van der Waals surface area contributed by atoms with Gasteiger partial charge in [0.2, 0.25) is 0 Å². The highest BCUT2D eigenvalue weighted by molar-refractivity contribution is 9.10. The fourth-order valence-electron chi connectivity index (χ4n) is 2.28. The summed E-state index contributed by atoms with van der Waals surface area (Å²) in [5, 5.41) is 12.7. The minimum atomic E-state index is -0.783. The van der Waals surface area contributed by atoms with E-state index in [0.29, 0.717) is 10.0 Å². The zero-order valence-electron chi connectivity index (χ0n) is 10.6. The SMILES string of the molecule is OC(c1ccc2ccccc2c1)c1ccc(F)cc1Br. The van der Waals surface area contributed by atoms with Crippen LogP contribution in [0.1, 0.15) is 17.2 Å². The second-order valence-electron chi connectivity index (χ2n) is 4.67. The molecule has 0 saturated heterocycles. The Bertz CT molecular complexity index is 770. The molecule has 1 atom stereocenters. The lowest BCUT2D eigenvalue weighted by atomic mass is 9.98. The van der Waals surface area contributed by atoms with Crippen molar-refractivity contribution in [3.8, 4) is 0 Å². The van der Waals surface area contributed by atoms with E-state index in [0.717, 1.165) is 16.3 Å². The molecule has 0 saturated carbocycles. The number of aliphatic hydroxyl groups excluding tert-OH is 1. The number of hydrogen-bond acceptors (Lipinski definition) is 1. The summed E-state index contributed by atoms with van der Waals surface area (Å²) in [7, 11) is 0. The van der Waals surface area contributed by atoms with Crippen LogP contribution in [-0.4, -0.2) is 5.11 Å². The van der Waals surface area contributed by atoms with Crippen molar-refractivity contribution in [3.05, 3.63) is 82.1 Å². The van der Waals surface area contributed by atoms with Gasteiger partial charge in [-0.1, -0.05) is 58.4 Å². The number of rotatable bonds is 2. The van der Waals surface area contributed by atoms with E-state index >= 15 is 0 Å². The largest absolute Gasteiger partial charge is 0.384 e. The van der Waals surface area contributed by atoms with Gasteiger partial charge in [-0.2, -0.15) is 0 Å². The third-order valence-electron chi connectivity index (χ3n) is 3.35. The Hall–Kier alpha value is -1.71. The number of fused-ring (bicyclic) bond motifs is 1. The van der Waals surface area contributed by atoms with Crippen molar-refractivity contribution in [2.24, 2.45) is 0 Å². The Morgan fingerprint density at radius 2 is 1.65 bits per heavy atom. The molecule has 3 rings (SSSR count). The second-order valence-corrected chi connectivity index (χ2v) is 5.53. The summed E-state index contributed by atoms with van der Waals surface area (Å²) >= 11 is 3.29. The van der Waals surface area contributed by atoms with Crippen molar-refractivity contribution in [3.63, 3.8) is 0 Å². The molecule has 0 heterocycles.